The van der Waals surface area contributed by atoms with Crippen molar-refractivity contribution in [1.82, 2.24) is 4.90 Å². The van der Waals surface area contributed by atoms with Gasteiger partial charge in [0, 0.05) is 24.2 Å². The number of methoxy groups -OCH3 is 1. The van der Waals surface area contributed by atoms with Crippen molar-refractivity contribution in [2.75, 3.05) is 25.5 Å². The summed E-state index contributed by atoms with van der Waals surface area (Å²) in [5.74, 6) is -2.74. The van der Waals surface area contributed by atoms with E-state index in [1.54, 1.807) is 19.1 Å². The zero-order chi connectivity index (χ0) is 18.8. The molecular formula is C16H18ClF3N2O3. The number of hydrogen-bond donors (Lipinski definition) is 1. The first-order valence-corrected chi connectivity index (χ1v) is 8.02. The van der Waals surface area contributed by atoms with Gasteiger partial charge in [-0.1, -0.05) is 11.6 Å². The number of halogens is 4. The van der Waals surface area contributed by atoms with Crippen molar-refractivity contribution < 1.29 is 27.5 Å². The van der Waals surface area contributed by atoms with E-state index in [1.165, 1.54) is 7.11 Å². The van der Waals surface area contributed by atoms with Gasteiger partial charge in [0.1, 0.15) is 5.75 Å². The van der Waals surface area contributed by atoms with Crippen LogP contribution in [0.5, 0.6) is 5.75 Å². The van der Waals surface area contributed by atoms with Gasteiger partial charge in [0.2, 0.25) is 5.91 Å². The van der Waals surface area contributed by atoms with E-state index in [2.05, 4.69) is 5.32 Å². The van der Waals surface area contributed by atoms with E-state index in [9.17, 15) is 22.8 Å². The molecule has 1 atom stereocenters. The first-order chi connectivity index (χ1) is 11.6. The van der Waals surface area contributed by atoms with Gasteiger partial charge in [-0.2, -0.15) is 13.2 Å². The second-order valence-corrected chi connectivity index (χ2v) is 6.29. The molecule has 9 heteroatoms. The van der Waals surface area contributed by atoms with Crippen molar-refractivity contribution >= 4 is 29.1 Å². The van der Waals surface area contributed by atoms with Crippen LogP contribution in [0.3, 0.4) is 0 Å². The van der Waals surface area contributed by atoms with Crippen LogP contribution in [-0.2, 0) is 9.59 Å². The summed E-state index contributed by atoms with van der Waals surface area (Å²) in [7, 11) is 1.42. The summed E-state index contributed by atoms with van der Waals surface area (Å²) in [4.78, 5) is 24.5. The van der Waals surface area contributed by atoms with Crippen LogP contribution in [0.1, 0.15) is 18.4 Å². The molecule has 1 N–H and O–H groups in total. The highest BCUT2D eigenvalue weighted by atomic mass is 35.5. The van der Waals surface area contributed by atoms with Crippen LogP contribution in [-0.4, -0.2) is 43.1 Å². The van der Waals surface area contributed by atoms with Crippen molar-refractivity contribution in [2.24, 2.45) is 5.92 Å². The maximum atomic E-state index is 12.6. The van der Waals surface area contributed by atoms with Gasteiger partial charge in [-0.05, 0) is 31.4 Å². The molecule has 1 aromatic carbocycles. The second-order valence-electron chi connectivity index (χ2n) is 5.88. The molecule has 2 amide bonds. The number of nitrogens with zero attached hydrogens (tertiary/aromatic N) is 1. The molecule has 0 aliphatic carbocycles. The lowest BCUT2D eigenvalue weighted by Gasteiger charge is -2.32. The lowest BCUT2D eigenvalue weighted by atomic mass is 9.96. The summed E-state index contributed by atoms with van der Waals surface area (Å²) in [6, 6.07) is 3.17. The van der Waals surface area contributed by atoms with Gasteiger partial charge in [-0.3, -0.25) is 9.59 Å². The third kappa shape index (κ3) is 4.56. The number of benzene rings is 1. The molecular weight excluding hydrogens is 361 g/mol. The number of carbonyl (C=O) groups excluding carboxylic acids is 2. The van der Waals surface area contributed by atoms with Gasteiger partial charge in [0.05, 0.1) is 18.7 Å². The second kappa shape index (κ2) is 7.51. The average molecular weight is 379 g/mol. The van der Waals surface area contributed by atoms with E-state index in [0.29, 0.717) is 34.2 Å². The minimum absolute atomic E-state index is 0.00844. The Kier molecular flexibility index (Phi) is 5.82. The number of nitrogens with one attached hydrogen (secondary N) is 1. The van der Waals surface area contributed by atoms with Gasteiger partial charge in [0.15, 0.2) is 0 Å². The normalized spacial score (nSPS) is 18.0. The van der Waals surface area contributed by atoms with E-state index in [0.717, 1.165) is 5.56 Å². The minimum atomic E-state index is -4.94. The highest BCUT2D eigenvalue weighted by Crippen LogP contribution is 2.32. The zero-order valence-corrected chi connectivity index (χ0v) is 14.5. The van der Waals surface area contributed by atoms with Crippen molar-refractivity contribution in [2.45, 2.75) is 25.9 Å². The molecule has 1 aromatic rings. The van der Waals surface area contributed by atoms with Crippen LogP contribution in [0.4, 0.5) is 18.9 Å². The quantitative estimate of drug-likeness (QED) is 0.877. The Bertz CT molecular complexity index is 679. The third-order valence-electron chi connectivity index (χ3n) is 4.06. The SMILES string of the molecule is COc1cc(Cl)c(C)cc1NC(=O)C1CCCN(C(=O)C(F)(F)F)C1. The number of carbonyl (C=O) groups is 2. The fraction of sp³-hybridized carbons (Fsp3) is 0.500. The van der Waals surface area contributed by atoms with Crippen molar-refractivity contribution in [3.63, 3.8) is 0 Å². The molecule has 138 valence electrons. The Morgan fingerprint density at radius 3 is 2.64 bits per heavy atom. The molecule has 1 saturated heterocycles. The summed E-state index contributed by atoms with van der Waals surface area (Å²) >= 11 is 6.00. The maximum Gasteiger partial charge on any atom is 0.471 e. The zero-order valence-electron chi connectivity index (χ0n) is 13.7. The molecule has 1 heterocycles. The Morgan fingerprint density at radius 1 is 1.36 bits per heavy atom. The standard InChI is InChI=1S/C16H18ClF3N2O3/c1-9-6-12(13(25-2)7-11(9)17)21-14(23)10-4-3-5-22(8-10)15(24)16(18,19)20/h6-7,10H,3-5,8H2,1-2H3,(H,21,23). The van der Waals surface area contributed by atoms with Gasteiger partial charge in [0.25, 0.3) is 0 Å². The summed E-state index contributed by atoms with van der Waals surface area (Å²) in [5.41, 5.74) is 1.10. The van der Waals surface area contributed by atoms with Gasteiger partial charge < -0.3 is 15.0 Å². The molecule has 0 bridgehead atoms. The van der Waals surface area contributed by atoms with Gasteiger partial charge in [-0.25, -0.2) is 0 Å². The van der Waals surface area contributed by atoms with Crippen LogP contribution in [0, 0.1) is 12.8 Å². The first kappa shape index (κ1) is 19.4. The molecule has 5 nitrogen and oxygen atoms in total. The number of amides is 2. The summed E-state index contributed by atoms with van der Waals surface area (Å²) in [6.07, 6.45) is -4.20. The third-order valence-corrected chi connectivity index (χ3v) is 4.47. The lowest BCUT2D eigenvalue weighted by Crippen LogP contribution is -2.48. The van der Waals surface area contributed by atoms with E-state index >= 15 is 0 Å². The van der Waals surface area contributed by atoms with Gasteiger partial charge in [-0.15, -0.1) is 0 Å². The predicted octanol–water partition coefficient (Wildman–Crippen LogP) is 3.40. The van der Waals surface area contributed by atoms with E-state index in [-0.39, 0.29) is 13.1 Å². The summed E-state index contributed by atoms with van der Waals surface area (Å²) in [5, 5.41) is 3.12. The van der Waals surface area contributed by atoms with E-state index < -0.39 is 23.9 Å². The fourth-order valence-corrected chi connectivity index (χ4v) is 2.87. The molecule has 2 rings (SSSR count). The molecule has 1 aliphatic heterocycles. The predicted molar refractivity (Wildman–Crippen MR) is 86.7 cm³/mol. The minimum Gasteiger partial charge on any atom is -0.495 e. The van der Waals surface area contributed by atoms with Gasteiger partial charge >= 0.3 is 12.1 Å². The smallest absolute Gasteiger partial charge is 0.471 e. The molecule has 0 saturated carbocycles. The molecule has 0 radical (unpaired) electrons. The number of aryl methyl sites for hydroxylation is 1. The van der Waals surface area contributed by atoms with Crippen molar-refractivity contribution in [1.29, 1.82) is 0 Å². The first-order valence-electron chi connectivity index (χ1n) is 7.64. The topological polar surface area (TPSA) is 58.6 Å². The Hall–Kier alpha value is -1.96. The fourth-order valence-electron chi connectivity index (χ4n) is 2.72. The highest BCUT2D eigenvalue weighted by molar-refractivity contribution is 6.31. The lowest BCUT2D eigenvalue weighted by molar-refractivity contribution is -0.187. The van der Waals surface area contributed by atoms with Crippen LogP contribution < -0.4 is 10.1 Å². The number of anilines is 1. The average Bonchev–Trinajstić information content (AvgIpc) is 2.56. The molecule has 1 fully saturated rings. The van der Waals surface area contributed by atoms with Crippen LogP contribution in [0.15, 0.2) is 12.1 Å². The van der Waals surface area contributed by atoms with Crippen LogP contribution in [0.2, 0.25) is 5.02 Å². The Labute approximate surface area is 148 Å². The Balaban J connectivity index is 2.11. The number of piperidine rings is 1. The summed E-state index contributed by atoms with van der Waals surface area (Å²) in [6.45, 7) is 1.48. The number of alkyl halides is 3. The molecule has 1 unspecified atom stereocenters. The molecule has 25 heavy (non-hydrogen) atoms. The Morgan fingerprint density at radius 2 is 2.04 bits per heavy atom. The van der Waals surface area contributed by atoms with Crippen molar-refractivity contribution in [3.05, 3.63) is 22.7 Å². The largest absolute Gasteiger partial charge is 0.495 e. The number of hydrogen-bond acceptors (Lipinski definition) is 3. The molecule has 0 spiro atoms. The number of likely N-dealkylation sites (tertiary alicyclic amines) is 1. The highest BCUT2D eigenvalue weighted by Gasteiger charge is 2.44. The number of ether oxygens (including phenoxy) is 1. The van der Waals surface area contributed by atoms with E-state index in [1.807, 2.05) is 0 Å². The molecule has 0 aromatic heterocycles. The van der Waals surface area contributed by atoms with Crippen LogP contribution >= 0.6 is 11.6 Å². The van der Waals surface area contributed by atoms with Crippen LogP contribution in [0.25, 0.3) is 0 Å². The van der Waals surface area contributed by atoms with E-state index in [4.69, 9.17) is 16.3 Å². The summed E-state index contributed by atoms with van der Waals surface area (Å²) < 4.78 is 42.9. The monoisotopic (exact) mass is 378 g/mol. The van der Waals surface area contributed by atoms with Crippen molar-refractivity contribution in [3.8, 4) is 5.75 Å². The molecule has 1 aliphatic rings. The number of rotatable bonds is 3. The maximum absolute atomic E-state index is 12.6.